The molecule has 168 valence electrons. The van der Waals surface area contributed by atoms with E-state index in [9.17, 15) is 0 Å². The second-order valence-electron chi connectivity index (χ2n) is 7.09. The Balaban J connectivity index is 0.00000341. The van der Waals surface area contributed by atoms with Gasteiger partial charge in [-0.1, -0.05) is 30.4 Å². The number of ether oxygens (including phenoxy) is 2. The highest BCUT2D eigenvalue weighted by molar-refractivity contribution is 14.0. The predicted octanol–water partition coefficient (Wildman–Crippen LogP) is 4.67. The van der Waals surface area contributed by atoms with Crippen LogP contribution < -0.4 is 20.3 Å². The lowest BCUT2D eigenvalue weighted by Gasteiger charge is -2.18. The zero-order valence-corrected chi connectivity index (χ0v) is 20.7. The van der Waals surface area contributed by atoms with Gasteiger partial charge in [-0.15, -0.1) is 24.0 Å². The van der Waals surface area contributed by atoms with Gasteiger partial charge in [0.15, 0.2) is 5.96 Å². The highest BCUT2D eigenvalue weighted by Gasteiger charge is 2.08. The van der Waals surface area contributed by atoms with Crippen LogP contribution in [0.15, 0.2) is 65.7 Å². The van der Waals surface area contributed by atoms with Gasteiger partial charge in [-0.2, -0.15) is 0 Å². The van der Waals surface area contributed by atoms with Gasteiger partial charge >= 0.3 is 0 Å². The molecule has 0 atom stereocenters. The Bertz CT molecular complexity index is 849. The van der Waals surface area contributed by atoms with Crippen LogP contribution in [0.3, 0.4) is 0 Å². The van der Waals surface area contributed by atoms with Gasteiger partial charge in [-0.25, -0.2) is 4.99 Å². The summed E-state index contributed by atoms with van der Waals surface area (Å²) in [7, 11) is 1.70. The minimum absolute atomic E-state index is 0. The maximum Gasteiger partial charge on any atom is 0.196 e. The number of nitrogens with zero attached hydrogens (tertiary/aromatic N) is 2. The first-order chi connectivity index (χ1) is 14.8. The molecule has 3 rings (SSSR count). The van der Waals surface area contributed by atoms with Crippen molar-refractivity contribution in [3.05, 3.63) is 66.2 Å². The summed E-state index contributed by atoms with van der Waals surface area (Å²) in [5.74, 6) is 1.58. The van der Waals surface area contributed by atoms with Gasteiger partial charge in [-0.3, -0.25) is 0 Å². The Hall–Kier alpha value is -2.26. The average molecular weight is 536 g/mol. The van der Waals surface area contributed by atoms with Crippen molar-refractivity contribution in [2.24, 2.45) is 4.99 Å². The van der Waals surface area contributed by atoms with Crippen molar-refractivity contribution in [3.8, 4) is 5.75 Å². The van der Waals surface area contributed by atoms with E-state index >= 15 is 0 Å². The van der Waals surface area contributed by atoms with Crippen molar-refractivity contribution >= 4 is 41.3 Å². The number of rotatable bonds is 10. The lowest BCUT2D eigenvalue weighted by atomic mass is 10.2. The maximum atomic E-state index is 5.79. The monoisotopic (exact) mass is 536 g/mol. The quantitative estimate of drug-likeness (QED) is 0.152. The van der Waals surface area contributed by atoms with Crippen LogP contribution in [-0.2, 0) is 11.3 Å². The van der Waals surface area contributed by atoms with Crippen LogP contribution in [-0.4, -0.2) is 45.9 Å². The molecule has 1 heterocycles. The fourth-order valence-corrected chi connectivity index (χ4v) is 3.21. The summed E-state index contributed by atoms with van der Waals surface area (Å²) in [5.41, 5.74) is 3.37. The highest BCUT2D eigenvalue weighted by atomic mass is 127. The summed E-state index contributed by atoms with van der Waals surface area (Å²) < 4.78 is 10.9. The first-order valence-electron chi connectivity index (χ1n) is 10.5. The SMILES string of the molecule is CCNC(=NCc1cccc(N2CC=CC2)c1)Nc1cccc(OCCCOC)c1.I. The van der Waals surface area contributed by atoms with Crippen molar-refractivity contribution in [1.82, 2.24) is 5.32 Å². The van der Waals surface area contributed by atoms with Gasteiger partial charge in [0.25, 0.3) is 0 Å². The molecule has 7 heteroatoms. The van der Waals surface area contributed by atoms with Crippen molar-refractivity contribution in [2.45, 2.75) is 19.9 Å². The molecule has 0 unspecified atom stereocenters. The first kappa shape index (κ1) is 25.0. The molecule has 0 aromatic heterocycles. The van der Waals surface area contributed by atoms with E-state index < -0.39 is 0 Å². The fraction of sp³-hybridized carbons (Fsp3) is 0.375. The van der Waals surface area contributed by atoms with Crippen molar-refractivity contribution in [3.63, 3.8) is 0 Å². The minimum Gasteiger partial charge on any atom is -0.493 e. The number of aliphatic imine (C=N–C) groups is 1. The summed E-state index contributed by atoms with van der Waals surface area (Å²) in [4.78, 5) is 7.11. The molecule has 1 aliphatic rings. The molecule has 0 saturated carbocycles. The Morgan fingerprint density at radius 1 is 1.06 bits per heavy atom. The van der Waals surface area contributed by atoms with Crippen molar-refractivity contribution < 1.29 is 9.47 Å². The van der Waals surface area contributed by atoms with Crippen LogP contribution in [0.1, 0.15) is 18.9 Å². The molecule has 31 heavy (non-hydrogen) atoms. The molecule has 2 N–H and O–H groups in total. The molecule has 0 saturated heterocycles. The minimum atomic E-state index is 0. The number of halogens is 1. The summed E-state index contributed by atoms with van der Waals surface area (Å²) in [5, 5.41) is 6.69. The first-order valence-corrected chi connectivity index (χ1v) is 10.5. The third-order valence-electron chi connectivity index (χ3n) is 4.72. The molecule has 6 nitrogen and oxygen atoms in total. The number of nitrogens with one attached hydrogen (secondary N) is 2. The van der Waals surface area contributed by atoms with E-state index in [0.717, 1.165) is 43.5 Å². The van der Waals surface area contributed by atoms with Gasteiger partial charge < -0.3 is 25.0 Å². The van der Waals surface area contributed by atoms with E-state index in [1.807, 2.05) is 24.3 Å². The van der Waals surface area contributed by atoms with Crippen molar-refractivity contribution in [2.75, 3.05) is 50.2 Å². The summed E-state index contributed by atoms with van der Waals surface area (Å²) >= 11 is 0. The van der Waals surface area contributed by atoms with E-state index in [-0.39, 0.29) is 24.0 Å². The zero-order valence-electron chi connectivity index (χ0n) is 18.3. The second-order valence-corrected chi connectivity index (χ2v) is 7.09. The maximum absolute atomic E-state index is 5.79. The average Bonchev–Trinajstić information content (AvgIpc) is 3.31. The molecule has 2 aromatic carbocycles. The summed E-state index contributed by atoms with van der Waals surface area (Å²) in [6.45, 7) is 6.74. The summed E-state index contributed by atoms with van der Waals surface area (Å²) in [6.07, 6.45) is 5.27. The third kappa shape index (κ3) is 8.41. The Kier molecular flexibility index (Phi) is 11.2. The van der Waals surface area contributed by atoms with Gasteiger partial charge in [0.1, 0.15) is 5.75 Å². The molecule has 0 amide bonds. The van der Waals surface area contributed by atoms with E-state index in [2.05, 4.69) is 58.9 Å². The van der Waals surface area contributed by atoms with E-state index in [1.165, 1.54) is 11.3 Å². The van der Waals surface area contributed by atoms with Crippen LogP contribution in [0.4, 0.5) is 11.4 Å². The van der Waals surface area contributed by atoms with Gasteiger partial charge in [0.05, 0.1) is 13.2 Å². The Morgan fingerprint density at radius 2 is 1.87 bits per heavy atom. The number of hydrogen-bond acceptors (Lipinski definition) is 4. The van der Waals surface area contributed by atoms with E-state index in [1.54, 1.807) is 7.11 Å². The third-order valence-corrected chi connectivity index (χ3v) is 4.72. The van der Waals surface area contributed by atoms with Crippen molar-refractivity contribution in [1.29, 1.82) is 0 Å². The number of hydrogen-bond donors (Lipinski definition) is 2. The topological polar surface area (TPSA) is 58.1 Å². The highest BCUT2D eigenvalue weighted by Crippen LogP contribution is 2.20. The zero-order chi connectivity index (χ0) is 21.0. The molecule has 0 bridgehead atoms. The smallest absolute Gasteiger partial charge is 0.196 e. The van der Waals surface area contributed by atoms with Crippen LogP contribution >= 0.6 is 24.0 Å². The molecule has 0 aliphatic carbocycles. The van der Waals surface area contributed by atoms with Crippen LogP contribution in [0.5, 0.6) is 5.75 Å². The standard InChI is InChI=1S/C24H32N4O2.HI/c1-3-25-24(27-21-10-7-12-23(18-21)30-16-8-15-29-2)26-19-20-9-6-11-22(17-20)28-13-4-5-14-28;/h4-7,9-12,17-18H,3,8,13-16,19H2,1-2H3,(H2,25,26,27);1H. The number of methoxy groups -OCH3 is 1. The van der Waals surface area contributed by atoms with Gasteiger partial charge in [-0.05, 0) is 36.8 Å². The number of anilines is 2. The molecular weight excluding hydrogens is 503 g/mol. The normalized spacial score (nSPS) is 13.1. The van der Waals surface area contributed by atoms with E-state index in [0.29, 0.717) is 19.8 Å². The largest absolute Gasteiger partial charge is 0.493 e. The lowest BCUT2D eigenvalue weighted by molar-refractivity contribution is 0.172. The molecule has 0 radical (unpaired) electrons. The summed E-state index contributed by atoms with van der Waals surface area (Å²) in [6, 6.07) is 16.5. The Labute approximate surface area is 202 Å². The fourth-order valence-electron chi connectivity index (χ4n) is 3.21. The number of guanidine groups is 1. The van der Waals surface area contributed by atoms with E-state index in [4.69, 9.17) is 14.5 Å². The van der Waals surface area contributed by atoms with Crippen LogP contribution in [0.2, 0.25) is 0 Å². The molecule has 1 aliphatic heterocycles. The van der Waals surface area contributed by atoms with Gasteiger partial charge in [0.2, 0.25) is 0 Å². The molecular formula is C24H33IN4O2. The number of benzene rings is 2. The lowest BCUT2D eigenvalue weighted by Crippen LogP contribution is -2.30. The molecule has 0 spiro atoms. The predicted molar refractivity (Wildman–Crippen MR) is 140 cm³/mol. The Morgan fingerprint density at radius 3 is 2.65 bits per heavy atom. The second kappa shape index (κ2) is 13.9. The molecule has 2 aromatic rings. The van der Waals surface area contributed by atoms with Crippen LogP contribution in [0.25, 0.3) is 0 Å². The van der Waals surface area contributed by atoms with Gasteiger partial charge in [0, 0.05) is 57.2 Å². The van der Waals surface area contributed by atoms with Crippen LogP contribution in [0, 0.1) is 0 Å². The molecule has 0 fully saturated rings.